The highest BCUT2D eigenvalue weighted by Crippen LogP contribution is 2.37. The number of benzene rings is 8. The van der Waals surface area contributed by atoms with Crippen LogP contribution in [-0.2, 0) is 38.5 Å². The number of hydrogen-bond donors (Lipinski definition) is 0. The Labute approximate surface area is 507 Å². The third-order valence-corrected chi connectivity index (χ3v) is 17.6. The third-order valence-electron chi connectivity index (χ3n) is 15.4. The number of rotatable bonds is 18. The van der Waals surface area contributed by atoms with Gasteiger partial charge in [0, 0.05) is 89.9 Å². The summed E-state index contributed by atoms with van der Waals surface area (Å²) in [6.45, 7) is 9.66. The summed E-state index contributed by atoms with van der Waals surface area (Å²) in [4.78, 5) is 97.5. The second kappa shape index (κ2) is 24.1. The summed E-state index contributed by atoms with van der Waals surface area (Å²) in [6, 6.07) is 54.1. The summed E-state index contributed by atoms with van der Waals surface area (Å²) >= 11 is 3.45. The second-order valence-electron chi connectivity index (χ2n) is 21.2. The maximum atomic E-state index is 14.2. The molecule has 0 spiro atoms. The van der Waals surface area contributed by atoms with Gasteiger partial charge in [0.15, 0.2) is 11.6 Å². The Hall–Kier alpha value is -10.0. The highest BCUT2D eigenvalue weighted by molar-refractivity contribution is 8.00. The number of fused-ring (bicyclic) bond motifs is 6. The predicted octanol–water partition coefficient (Wildman–Crippen LogP) is 14.0. The zero-order chi connectivity index (χ0) is 60.6. The molecule has 0 saturated carbocycles. The molecule has 2 aliphatic rings. The lowest BCUT2D eigenvalue weighted by atomic mass is 9.99. The molecular formula is C69H54N6O10S2. The van der Waals surface area contributed by atoms with Crippen LogP contribution < -0.4 is 0 Å². The first-order valence-electron chi connectivity index (χ1n) is 28.0. The van der Waals surface area contributed by atoms with Crippen LogP contribution in [0.15, 0.2) is 200 Å². The van der Waals surface area contributed by atoms with E-state index in [-0.39, 0.29) is 23.5 Å². The van der Waals surface area contributed by atoms with Gasteiger partial charge in [-0.05, 0) is 190 Å². The first-order chi connectivity index (χ1) is 42.1. The predicted molar refractivity (Wildman–Crippen MR) is 339 cm³/mol. The Morgan fingerprint density at radius 3 is 1.09 bits per heavy atom. The van der Waals surface area contributed by atoms with Crippen molar-refractivity contribution in [3.05, 3.63) is 214 Å². The van der Waals surface area contributed by atoms with Crippen LogP contribution in [0.5, 0.6) is 0 Å². The molecule has 4 heterocycles. The molecule has 2 aliphatic heterocycles. The van der Waals surface area contributed by atoms with Gasteiger partial charge in [0.2, 0.25) is 0 Å². The van der Waals surface area contributed by atoms with E-state index in [4.69, 9.17) is 19.4 Å². The molecule has 0 fully saturated rings. The summed E-state index contributed by atoms with van der Waals surface area (Å²) in [5.74, 6) is -1.26. The molecule has 2 aromatic heterocycles. The van der Waals surface area contributed by atoms with E-state index in [2.05, 4.69) is 29.8 Å². The number of oxime groups is 4. The van der Waals surface area contributed by atoms with Crippen molar-refractivity contribution in [3.63, 3.8) is 0 Å². The van der Waals surface area contributed by atoms with Crippen LogP contribution >= 0.6 is 23.5 Å². The van der Waals surface area contributed by atoms with E-state index in [1.165, 1.54) is 13.8 Å². The summed E-state index contributed by atoms with van der Waals surface area (Å²) in [5.41, 5.74) is 12.7. The highest BCUT2D eigenvalue weighted by atomic mass is 32.2. The van der Waals surface area contributed by atoms with Gasteiger partial charge >= 0.3 is 23.9 Å². The lowest BCUT2D eigenvalue weighted by molar-refractivity contribution is -0.143. The van der Waals surface area contributed by atoms with E-state index >= 15 is 0 Å². The van der Waals surface area contributed by atoms with Gasteiger partial charge in [0.25, 0.3) is 0 Å². The second-order valence-corrected chi connectivity index (χ2v) is 23.5. The molecule has 2 atom stereocenters. The quantitative estimate of drug-likeness (QED) is 0.0197. The van der Waals surface area contributed by atoms with Crippen molar-refractivity contribution in [2.75, 3.05) is 11.5 Å². The summed E-state index contributed by atoms with van der Waals surface area (Å²) in [7, 11) is 0. The van der Waals surface area contributed by atoms with E-state index in [1.807, 2.05) is 170 Å². The van der Waals surface area contributed by atoms with Crippen LogP contribution in [0, 0.1) is 11.8 Å². The van der Waals surface area contributed by atoms with E-state index in [1.54, 1.807) is 51.2 Å². The topological polar surface area (TPSA) is 199 Å². The molecule has 0 amide bonds. The Morgan fingerprint density at radius 1 is 0.448 bits per heavy atom. The standard InChI is InChI=1S/C69H54N6O10S2/c1-38-64(72-84-68(38)80)44-8-20-52(21-9-44)74-60-28-16-48(40(3)70-82-42(5)76)34-56(60)58-36-50(18-30-62(58)74)66(78)46-12-24-54(25-13-46)86-32-7-33-87-55-26-14-47(15-27-55)67(79)51-19-31-63-59(37-51)57-35-49(41(4)71-83-43(6)77)17-29-61(57)75(63)53-22-10-45(11-23-53)65-39(2)69(81)85-73-65/h8-31,34-39H,7,32-33H2,1-6H3. The van der Waals surface area contributed by atoms with E-state index in [9.17, 15) is 28.8 Å². The number of ketones is 2. The maximum absolute atomic E-state index is 14.2. The fraction of sp³-hybridized carbons (Fsp3) is 0.159. The zero-order valence-electron chi connectivity index (χ0n) is 48.0. The largest absolute Gasteiger partial charge is 0.343 e. The molecule has 432 valence electrons. The Balaban J connectivity index is 0.702. The number of carbonyl (C=O) groups excluding carboxylic acids is 6. The molecule has 87 heavy (non-hydrogen) atoms. The zero-order valence-corrected chi connectivity index (χ0v) is 49.7. The van der Waals surface area contributed by atoms with Crippen LogP contribution in [0.25, 0.3) is 55.0 Å². The fourth-order valence-corrected chi connectivity index (χ4v) is 12.7. The molecule has 8 aromatic carbocycles. The van der Waals surface area contributed by atoms with E-state index in [0.717, 1.165) is 105 Å². The smallest absolute Gasteiger partial charge is 0.318 e. The van der Waals surface area contributed by atoms with Crippen molar-refractivity contribution in [2.45, 2.75) is 57.8 Å². The molecule has 0 aliphatic carbocycles. The summed E-state index contributed by atoms with van der Waals surface area (Å²) in [5, 5.41) is 19.5. The SMILES string of the molecule is CC(=O)ON=C(C)c1ccc2c(c1)c1cc(C(=O)c3ccc(SCCCSc4ccc(C(=O)c5ccc6c(c5)c5cc(C(C)=NOC(C)=O)ccc5n6-c5ccc(C6=NOC(=O)C6C)cc5)cc4)cc3)ccc1n2-c1ccc(C2=NOC(=O)C2C)cc1. The third kappa shape index (κ3) is 11.5. The number of thioether (sulfide) groups is 2. The van der Waals surface area contributed by atoms with Crippen molar-refractivity contribution in [2.24, 2.45) is 32.5 Å². The highest BCUT2D eigenvalue weighted by Gasteiger charge is 2.31. The van der Waals surface area contributed by atoms with Crippen LogP contribution in [-0.4, -0.2) is 78.9 Å². The van der Waals surface area contributed by atoms with Gasteiger partial charge in [-0.2, -0.15) is 0 Å². The van der Waals surface area contributed by atoms with Crippen molar-refractivity contribution < 1.29 is 48.1 Å². The van der Waals surface area contributed by atoms with Gasteiger partial charge in [0.05, 0.1) is 33.5 Å². The fourth-order valence-electron chi connectivity index (χ4n) is 10.8. The Morgan fingerprint density at radius 2 is 0.770 bits per heavy atom. The van der Waals surface area contributed by atoms with Crippen molar-refractivity contribution >= 4 is 125 Å². The first-order valence-corrected chi connectivity index (χ1v) is 30.0. The Kier molecular flexibility index (Phi) is 15.9. The molecule has 12 rings (SSSR count). The van der Waals surface area contributed by atoms with Crippen molar-refractivity contribution in [1.29, 1.82) is 0 Å². The maximum Gasteiger partial charge on any atom is 0.343 e. The molecule has 0 N–H and O–H groups in total. The average molecular weight is 1190 g/mol. The molecule has 16 nitrogen and oxygen atoms in total. The number of hydrogen-bond acceptors (Lipinski definition) is 16. The molecule has 18 heteroatoms. The summed E-state index contributed by atoms with van der Waals surface area (Å²) < 4.78 is 4.24. The van der Waals surface area contributed by atoms with Crippen LogP contribution in [0.4, 0.5) is 0 Å². The first kappa shape index (κ1) is 57.4. The lowest BCUT2D eigenvalue weighted by Crippen LogP contribution is -2.15. The van der Waals surface area contributed by atoms with Gasteiger partial charge in [-0.1, -0.05) is 57.0 Å². The normalized spacial score (nSPS) is 15.2. The van der Waals surface area contributed by atoms with Gasteiger partial charge in [-0.3, -0.25) is 9.59 Å². The monoisotopic (exact) mass is 1190 g/mol. The van der Waals surface area contributed by atoms with E-state index < -0.39 is 23.8 Å². The van der Waals surface area contributed by atoms with Crippen molar-refractivity contribution in [1.82, 2.24) is 9.13 Å². The lowest BCUT2D eigenvalue weighted by Gasteiger charge is -2.10. The average Bonchev–Trinajstić information content (AvgIpc) is 1.64. The Bertz CT molecular complexity index is 4330. The molecule has 0 radical (unpaired) electrons. The molecular weight excluding hydrogens is 1140 g/mol. The van der Waals surface area contributed by atoms with Crippen LogP contribution in [0.3, 0.4) is 0 Å². The minimum Gasteiger partial charge on any atom is -0.318 e. The molecule has 10 aromatic rings. The molecule has 2 unspecified atom stereocenters. The van der Waals surface area contributed by atoms with Gasteiger partial charge in [-0.15, -0.1) is 23.5 Å². The van der Waals surface area contributed by atoms with Gasteiger partial charge in [-0.25, -0.2) is 19.2 Å². The minimum absolute atomic E-state index is 0.114. The summed E-state index contributed by atoms with van der Waals surface area (Å²) in [6.07, 6.45) is 0.925. The van der Waals surface area contributed by atoms with Crippen molar-refractivity contribution in [3.8, 4) is 11.4 Å². The van der Waals surface area contributed by atoms with E-state index in [0.29, 0.717) is 45.1 Å². The number of nitrogens with zero attached hydrogens (tertiary/aromatic N) is 6. The molecule has 0 saturated heterocycles. The van der Waals surface area contributed by atoms with Gasteiger partial charge < -0.3 is 28.5 Å². The number of carbonyl (C=O) groups is 6. The molecule has 0 bridgehead atoms. The van der Waals surface area contributed by atoms with Crippen LogP contribution in [0.1, 0.15) is 102 Å². The minimum atomic E-state index is -0.523. The number of aromatic nitrogens is 2. The van der Waals surface area contributed by atoms with Crippen LogP contribution in [0.2, 0.25) is 0 Å². The van der Waals surface area contributed by atoms with Gasteiger partial charge in [0.1, 0.15) is 23.3 Å².